The second-order valence-corrected chi connectivity index (χ2v) is 5.55. The van der Waals surface area contributed by atoms with Gasteiger partial charge in [-0.3, -0.25) is 9.59 Å². The van der Waals surface area contributed by atoms with Crippen LogP contribution in [0.3, 0.4) is 0 Å². The van der Waals surface area contributed by atoms with Crippen LogP contribution in [0.4, 0.5) is 0 Å². The Morgan fingerprint density at radius 3 is 2.90 bits per heavy atom. The minimum Gasteiger partial charge on any atom is -0.369 e. The zero-order valence-corrected chi connectivity index (χ0v) is 11.4. The molecule has 3 N–H and O–H groups in total. The monoisotopic (exact) mass is 273 g/mol. The summed E-state index contributed by atoms with van der Waals surface area (Å²) in [6.07, 6.45) is 1.69. The number of primary amides is 1. The van der Waals surface area contributed by atoms with Crippen molar-refractivity contribution < 1.29 is 9.59 Å². The molecule has 0 bridgehead atoms. The highest BCUT2D eigenvalue weighted by molar-refractivity contribution is 5.95. The lowest BCUT2D eigenvalue weighted by Gasteiger charge is -2.20. The van der Waals surface area contributed by atoms with Crippen molar-refractivity contribution in [1.82, 2.24) is 10.2 Å². The van der Waals surface area contributed by atoms with E-state index in [2.05, 4.69) is 5.32 Å². The van der Waals surface area contributed by atoms with Crippen LogP contribution in [0.15, 0.2) is 18.2 Å². The van der Waals surface area contributed by atoms with Crippen molar-refractivity contribution >= 4 is 11.8 Å². The van der Waals surface area contributed by atoms with Crippen LogP contribution in [0.25, 0.3) is 0 Å². The number of fused-ring (bicyclic) bond motifs is 1. The van der Waals surface area contributed by atoms with Crippen molar-refractivity contribution in [1.29, 1.82) is 0 Å². The molecule has 1 fully saturated rings. The quantitative estimate of drug-likeness (QED) is 0.812. The van der Waals surface area contributed by atoms with Crippen molar-refractivity contribution in [3.8, 4) is 0 Å². The van der Waals surface area contributed by atoms with Gasteiger partial charge in [0.1, 0.15) is 0 Å². The SMILES string of the molecule is NC(=O)C1CCN(C(=O)c2ccc3c(c2)CNCC3)C1. The van der Waals surface area contributed by atoms with Crippen LogP contribution in [0.5, 0.6) is 0 Å². The molecule has 5 heteroatoms. The molecule has 3 rings (SSSR count). The number of rotatable bonds is 2. The largest absolute Gasteiger partial charge is 0.369 e. The highest BCUT2D eigenvalue weighted by atomic mass is 16.2. The molecule has 5 nitrogen and oxygen atoms in total. The topological polar surface area (TPSA) is 75.4 Å². The van der Waals surface area contributed by atoms with Gasteiger partial charge in [-0.25, -0.2) is 0 Å². The minimum atomic E-state index is -0.310. The predicted octanol–water partition coefficient (Wildman–Crippen LogP) is 0.280. The van der Waals surface area contributed by atoms with E-state index >= 15 is 0 Å². The molecule has 0 spiro atoms. The smallest absolute Gasteiger partial charge is 0.253 e. The summed E-state index contributed by atoms with van der Waals surface area (Å²) in [4.78, 5) is 25.4. The second-order valence-electron chi connectivity index (χ2n) is 5.55. The Morgan fingerprint density at radius 2 is 2.15 bits per heavy atom. The molecular weight excluding hydrogens is 254 g/mol. The molecule has 20 heavy (non-hydrogen) atoms. The molecule has 2 aliphatic heterocycles. The summed E-state index contributed by atoms with van der Waals surface area (Å²) in [6.45, 7) is 2.87. The third-order valence-electron chi connectivity index (χ3n) is 4.22. The van der Waals surface area contributed by atoms with Gasteiger partial charge in [-0.15, -0.1) is 0 Å². The van der Waals surface area contributed by atoms with Crippen molar-refractivity contribution in [3.63, 3.8) is 0 Å². The van der Waals surface area contributed by atoms with Gasteiger partial charge in [-0.05, 0) is 42.6 Å². The fourth-order valence-corrected chi connectivity index (χ4v) is 2.97. The summed E-state index contributed by atoms with van der Waals surface area (Å²) in [6, 6.07) is 5.91. The fraction of sp³-hybridized carbons (Fsp3) is 0.467. The maximum atomic E-state index is 12.5. The lowest BCUT2D eigenvalue weighted by Crippen LogP contribution is -2.32. The predicted molar refractivity (Wildman–Crippen MR) is 75.1 cm³/mol. The third kappa shape index (κ3) is 2.41. The first-order chi connectivity index (χ1) is 9.65. The molecule has 0 saturated carbocycles. The van der Waals surface area contributed by atoms with E-state index < -0.39 is 0 Å². The lowest BCUT2D eigenvalue weighted by molar-refractivity contribution is -0.121. The number of amides is 2. The van der Waals surface area contributed by atoms with Crippen LogP contribution in [-0.2, 0) is 17.8 Å². The second kappa shape index (κ2) is 5.25. The van der Waals surface area contributed by atoms with Gasteiger partial charge < -0.3 is 16.0 Å². The van der Waals surface area contributed by atoms with Crippen molar-refractivity contribution in [3.05, 3.63) is 34.9 Å². The Labute approximate surface area is 118 Å². The first-order valence-corrected chi connectivity index (χ1v) is 7.06. The molecule has 2 amide bonds. The van der Waals surface area contributed by atoms with E-state index in [0.29, 0.717) is 25.1 Å². The minimum absolute atomic E-state index is 0.00197. The van der Waals surface area contributed by atoms with Crippen LogP contribution in [0.1, 0.15) is 27.9 Å². The van der Waals surface area contributed by atoms with Gasteiger partial charge in [0.25, 0.3) is 5.91 Å². The Hall–Kier alpha value is -1.88. The number of hydrogen-bond donors (Lipinski definition) is 2. The average Bonchev–Trinajstić information content (AvgIpc) is 2.96. The highest BCUT2D eigenvalue weighted by Gasteiger charge is 2.30. The zero-order chi connectivity index (χ0) is 14.1. The molecule has 1 saturated heterocycles. The van der Waals surface area contributed by atoms with Gasteiger partial charge in [-0.2, -0.15) is 0 Å². The van der Waals surface area contributed by atoms with Gasteiger partial charge in [0.2, 0.25) is 5.91 Å². The van der Waals surface area contributed by atoms with Crippen molar-refractivity contribution in [2.45, 2.75) is 19.4 Å². The standard InChI is InChI=1S/C15H19N3O2/c16-14(19)12-4-6-18(9-12)15(20)11-2-1-10-3-5-17-8-13(10)7-11/h1-2,7,12,17H,3-6,8-9H2,(H2,16,19). The van der Waals surface area contributed by atoms with Gasteiger partial charge >= 0.3 is 0 Å². The van der Waals surface area contributed by atoms with E-state index in [1.807, 2.05) is 18.2 Å². The van der Waals surface area contributed by atoms with Gasteiger partial charge in [-0.1, -0.05) is 6.07 Å². The Morgan fingerprint density at radius 1 is 1.30 bits per heavy atom. The van der Waals surface area contributed by atoms with E-state index in [-0.39, 0.29) is 17.7 Å². The molecule has 1 atom stereocenters. The Bertz CT molecular complexity index is 556. The summed E-state index contributed by atoms with van der Waals surface area (Å²) in [5, 5.41) is 3.31. The summed E-state index contributed by atoms with van der Waals surface area (Å²) >= 11 is 0. The van der Waals surface area contributed by atoms with E-state index in [1.165, 1.54) is 11.1 Å². The molecule has 1 aromatic rings. The van der Waals surface area contributed by atoms with Gasteiger partial charge in [0, 0.05) is 25.2 Å². The number of likely N-dealkylation sites (tertiary alicyclic amines) is 1. The average molecular weight is 273 g/mol. The molecule has 0 aromatic heterocycles. The van der Waals surface area contributed by atoms with Crippen LogP contribution in [0, 0.1) is 5.92 Å². The molecule has 2 aliphatic rings. The number of carbonyl (C=O) groups is 2. The molecule has 0 aliphatic carbocycles. The molecule has 0 radical (unpaired) electrons. The first kappa shape index (κ1) is 13.1. The highest BCUT2D eigenvalue weighted by Crippen LogP contribution is 2.21. The maximum Gasteiger partial charge on any atom is 0.253 e. The maximum absolute atomic E-state index is 12.5. The first-order valence-electron chi connectivity index (χ1n) is 7.06. The van der Waals surface area contributed by atoms with Crippen LogP contribution < -0.4 is 11.1 Å². The number of nitrogens with zero attached hydrogens (tertiary/aromatic N) is 1. The van der Waals surface area contributed by atoms with E-state index in [9.17, 15) is 9.59 Å². The molecule has 1 unspecified atom stereocenters. The molecular formula is C15H19N3O2. The summed E-state index contributed by atoms with van der Waals surface area (Å²) in [5.41, 5.74) is 8.53. The summed E-state index contributed by atoms with van der Waals surface area (Å²) in [7, 11) is 0. The number of hydrogen-bond acceptors (Lipinski definition) is 3. The normalized spacial score (nSPS) is 21.6. The van der Waals surface area contributed by atoms with Crippen LogP contribution in [0.2, 0.25) is 0 Å². The Balaban J connectivity index is 1.76. The van der Waals surface area contributed by atoms with Crippen LogP contribution in [-0.4, -0.2) is 36.3 Å². The summed E-state index contributed by atoms with van der Waals surface area (Å²) in [5.74, 6) is -0.504. The van der Waals surface area contributed by atoms with E-state index in [4.69, 9.17) is 5.73 Å². The lowest BCUT2D eigenvalue weighted by atomic mass is 9.98. The van der Waals surface area contributed by atoms with Crippen LogP contribution >= 0.6 is 0 Å². The van der Waals surface area contributed by atoms with Gasteiger partial charge in [0.15, 0.2) is 0 Å². The van der Waals surface area contributed by atoms with E-state index in [0.717, 1.165) is 19.5 Å². The Kier molecular flexibility index (Phi) is 3.44. The molecule has 2 heterocycles. The zero-order valence-electron chi connectivity index (χ0n) is 11.4. The molecule has 1 aromatic carbocycles. The number of nitrogens with one attached hydrogen (secondary N) is 1. The van der Waals surface area contributed by atoms with Crippen molar-refractivity contribution in [2.24, 2.45) is 11.7 Å². The number of benzene rings is 1. The number of carbonyl (C=O) groups excluding carboxylic acids is 2. The fourth-order valence-electron chi connectivity index (χ4n) is 2.97. The van der Waals surface area contributed by atoms with Crippen molar-refractivity contribution in [2.75, 3.05) is 19.6 Å². The number of nitrogens with two attached hydrogens (primary N) is 1. The molecule has 106 valence electrons. The summed E-state index contributed by atoms with van der Waals surface area (Å²) < 4.78 is 0. The van der Waals surface area contributed by atoms with Gasteiger partial charge in [0.05, 0.1) is 5.92 Å². The third-order valence-corrected chi connectivity index (χ3v) is 4.22. The van der Waals surface area contributed by atoms with E-state index in [1.54, 1.807) is 4.90 Å².